The average Bonchev–Trinajstić information content (AvgIpc) is 2.44. The Morgan fingerprint density at radius 1 is 1.67 bits per heavy atom. The lowest BCUT2D eigenvalue weighted by Gasteiger charge is -2.34. The first-order valence-electron chi connectivity index (χ1n) is 6.02. The van der Waals surface area contributed by atoms with Crippen LogP contribution in [0.5, 0.6) is 0 Å². The summed E-state index contributed by atoms with van der Waals surface area (Å²) < 4.78 is 32.4. The van der Waals surface area contributed by atoms with Crippen LogP contribution in [0.1, 0.15) is 12.6 Å². The van der Waals surface area contributed by atoms with E-state index < -0.39 is 37.2 Å². The predicted molar refractivity (Wildman–Crippen MR) is 70.8 cm³/mol. The predicted octanol–water partition coefficient (Wildman–Crippen LogP) is -0.0947. The SMILES string of the molecule is C=CC[C@](CO)(O[C@H](CF)n1ccc(N)nc1=O)[C@@H](O)F. The van der Waals surface area contributed by atoms with E-state index >= 15 is 0 Å². The van der Waals surface area contributed by atoms with Gasteiger partial charge in [-0.15, -0.1) is 6.58 Å². The average molecular weight is 305 g/mol. The zero-order valence-electron chi connectivity index (χ0n) is 11.2. The molecule has 4 N–H and O–H groups in total. The first-order valence-corrected chi connectivity index (χ1v) is 6.02. The maximum absolute atomic E-state index is 13.4. The van der Waals surface area contributed by atoms with Crippen LogP contribution in [-0.4, -0.2) is 45.0 Å². The van der Waals surface area contributed by atoms with Gasteiger partial charge in [0, 0.05) is 12.6 Å². The van der Waals surface area contributed by atoms with Crippen LogP contribution in [0.2, 0.25) is 0 Å². The number of nitrogens with zero attached hydrogens (tertiary/aromatic N) is 2. The number of rotatable bonds is 8. The van der Waals surface area contributed by atoms with E-state index in [-0.39, 0.29) is 12.2 Å². The minimum Gasteiger partial charge on any atom is -0.393 e. The van der Waals surface area contributed by atoms with Gasteiger partial charge in [0.2, 0.25) is 6.36 Å². The van der Waals surface area contributed by atoms with Gasteiger partial charge in [-0.2, -0.15) is 4.98 Å². The summed E-state index contributed by atoms with van der Waals surface area (Å²) in [5.74, 6) is -0.0705. The first kappa shape index (κ1) is 17.2. The molecule has 21 heavy (non-hydrogen) atoms. The monoisotopic (exact) mass is 305 g/mol. The zero-order valence-corrected chi connectivity index (χ0v) is 11.2. The van der Waals surface area contributed by atoms with Gasteiger partial charge in [-0.3, -0.25) is 4.57 Å². The summed E-state index contributed by atoms with van der Waals surface area (Å²) in [7, 11) is 0. The molecule has 7 nitrogen and oxygen atoms in total. The number of nitrogen functional groups attached to an aromatic ring is 1. The van der Waals surface area contributed by atoms with E-state index in [1.54, 1.807) is 0 Å². The number of alkyl halides is 2. The first-order chi connectivity index (χ1) is 9.90. The van der Waals surface area contributed by atoms with Crippen LogP contribution in [0.25, 0.3) is 0 Å². The lowest BCUT2D eigenvalue weighted by molar-refractivity contribution is -0.231. The molecule has 1 aromatic rings. The van der Waals surface area contributed by atoms with Gasteiger partial charge in [-0.25, -0.2) is 13.6 Å². The van der Waals surface area contributed by atoms with Crippen molar-refractivity contribution < 1.29 is 23.7 Å². The van der Waals surface area contributed by atoms with Gasteiger partial charge in [0.05, 0.1) is 6.61 Å². The lowest BCUT2D eigenvalue weighted by atomic mass is 10.0. The number of hydrogen-bond donors (Lipinski definition) is 3. The highest BCUT2D eigenvalue weighted by Crippen LogP contribution is 2.27. The number of aliphatic hydroxyl groups excluding tert-OH is 2. The Labute approximate surface area is 119 Å². The van der Waals surface area contributed by atoms with Gasteiger partial charge in [0.1, 0.15) is 12.5 Å². The molecule has 1 rings (SSSR count). The molecule has 0 aromatic carbocycles. The van der Waals surface area contributed by atoms with Crippen LogP contribution in [-0.2, 0) is 4.74 Å². The number of halogens is 2. The summed E-state index contributed by atoms with van der Waals surface area (Å²) in [5.41, 5.74) is 2.27. The van der Waals surface area contributed by atoms with E-state index in [0.717, 1.165) is 10.8 Å². The molecule has 0 amide bonds. The Morgan fingerprint density at radius 3 is 2.76 bits per heavy atom. The lowest BCUT2D eigenvalue weighted by Crippen LogP contribution is -2.48. The highest BCUT2D eigenvalue weighted by molar-refractivity contribution is 5.23. The highest BCUT2D eigenvalue weighted by atomic mass is 19.1. The zero-order chi connectivity index (χ0) is 16.0. The van der Waals surface area contributed by atoms with Gasteiger partial charge < -0.3 is 20.7 Å². The summed E-state index contributed by atoms with van der Waals surface area (Å²) in [5, 5.41) is 18.4. The molecule has 0 saturated heterocycles. The number of anilines is 1. The van der Waals surface area contributed by atoms with Crippen LogP contribution >= 0.6 is 0 Å². The third-order valence-electron chi connectivity index (χ3n) is 2.86. The molecular weight excluding hydrogens is 288 g/mol. The van der Waals surface area contributed by atoms with E-state index in [1.165, 1.54) is 12.1 Å². The smallest absolute Gasteiger partial charge is 0.351 e. The van der Waals surface area contributed by atoms with Gasteiger partial charge in [-0.1, -0.05) is 6.08 Å². The third-order valence-corrected chi connectivity index (χ3v) is 2.86. The van der Waals surface area contributed by atoms with E-state index in [0.29, 0.717) is 0 Å². The van der Waals surface area contributed by atoms with Crippen molar-refractivity contribution in [2.24, 2.45) is 0 Å². The molecule has 9 heteroatoms. The molecule has 1 aromatic heterocycles. The van der Waals surface area contributed by atoms with E-state index in [9.17, 15) is 18.7 Å². The van der Waals surface area contributed by atoms with Crippen molar-refractivity contribution in [1.29, 1.82) is 0 Å². The molecule has 0 unspecified atom stereocenters. The summed E-state index contributed by atoms with van der Waals surface area (Å²) in [6.45, 7) is 1.20. The Bertz CT molecular complexity index is 537. The molecule has 0 aliphatic carbocycles. The van der Waals surface area contributed by atoms with Crippen LogP contribution in [0, 0.1) is 0 Å². The van der Waals surface area contributed by atoms with Crippen molar-refractivity contribution in [3.05, 3.63) is 35.4 Å². The Hall–Kier alpha value is -1.84. The van der Waals surface area contributed by atoms with Gasteiger partial charge in [-0.05, 0) is 6.07 Å². The molecule has 0 spiro atoms. The number of aromatic nitrogens is 2. The maximum Gasteiger partial charge on any atom is 0.351 e. The molecule has 0 aliphatic rings. The second-order valence-corrected chi connectivity index (χ2v) is 4.32. The molecule has 118 valence electrons. The number of nitrogens with two attached hydrogens (primary N) is 1. The van der Waals surface area contributed by atoms with Gasteiger partial charge >= 0.3 is 5.69 Å². The van der Waals surface area contributed by atoms with Crippen molar-refractivity contribution >= 4 is 5.82 Å². The van der Waals surface area contributed by atoms with E-state index in [2.05, 4.69) is 11.6 Å². The second kappa shape index (κ2) is 7.25. The van der Waals surface area contributed by atoms with Crippen LogP contribution in [0.15, 0.2) is 29.7 Å². The van der Waals surface area contributed by atoms with Gasteiger partial charge in [0.15, 0.2) is 11.8 Å². The van der Waals surface area contributed by atoms with Crippen LogP contribution < -0.4 is 11.4 Å². The largest absolute Gasteiger partial charge is 0.393 e. The number of ether oxygens (including phenoxy) is 1. The standard InChI is InChI=1S/C12H17F2N3O4/c1-2-4-12(7-18,10(14)19)21-9(6-13)17-5-3-8(15)16-11(17)20/h2-3,5,9-10,18-19H,1,4,6-7H2,(H2,15,16,20)/t9-,10-,12-/m1/s1. The van der Waals surface area contributed by atoms with Crippen molar-refractivity contribution in [3.63, 3.8) is 0 Å². The van der Waals surface area contributed by atoms with Crippen molar-refractivity contribution in [3.8, 4) is 0 Å². The molecule has 0 saturated carbocycles. The molecule has 1 heterocycles. The van der Waals surface area contributed by atoms with Crippen molar-refractivity contribution in [2.75, 3.05) is 19.0 Å². The molecule has 3 atom stereocenters. The number of hydrogen-bond acceptors (Lipinski definition) is 6. The molecule has 0 bridgehead atoms. The van der Waals surface area contributed by atoms with Crippen LogP contribution in [0.3, 0.4) is 0 Å². The van der Waals surface area contributed by atoms with Crippen molar-refractivity contribution in [2.45, 2.75) is 24.6 Å². The normalized spacial score (nSPS) is 17.0. The fourth-order valence-electron chi connectivity index (χ4n) is 1.70. The molecule has 0 fully saturated rings. The van der Waals surface area contributed by atoms with Crippen molar-refractivity contribution in [1.82, 2.24) is 9.55 Å². The summed E-state index contributed by atoms with van der Waals surface area (Å²) >= 11 is 0. The van der Waals surface area contributed by atoms with E-state index in [4.69, 9.17) is 15.6 Å². The minimum absolute atomic E-state index is 0.0705. The number of aliphatic hydroxyl groups is 2. The maximum atomic E-state index is 13.4. The summed E-state index contributed by atoms with van der Waals surface area (Å²) in [6, 6.07) is 1.23. The molecule has 0 radical (unpaired) electrons. The molecular formula is C12H17F2N3O4. The van der Waals surface area contributed by atoms with Gasteiger partial charge in [0.25, 0.3) is 0 Å². The minimum atomic E-state index is -2.60. The topological polar surface area (TPSA) is 111 Å². The molecule has 0 aliphatic heterocycles. The van der Waals surface area contributed by atoms with Crippen LogP contribution in [0.4, 0.5) is 14.6 Å². The Kier molecular flexibility index (Phi) is 5.94. The Morgan fingerprint density at radius 2 is 2.33 bits per heavy atom. The third kappa shape index (κ3) is 3.84. The van der Waals surface area contributed by atoms with E-state index in [1.807, 2.05) is 0 Å². The highest BCUT2D eigenvalue weighted by Gasteiger charge is 2.41. The quantitative estimate of drug-likeness (QED) is 0.579. The fourth-order valence-corrected chi connectivity index (χ4v) is 1.70. The summed E-state index contributed by atoms with van der Waals surface area (Å²) in [4.78, 5) is 15.0. The second-order valence-electron chi connectivity index (χ2n) is 4.32. The Balaban J connectivity index is 3.14. The fraction of sp³-hybridized carbons (Fsp3) is 0.500. The summed E-state index contributed by atoms with van der Waals surface area (Å²) in [6.07, 6.45) is -2.17.